The Hall–Kier alpha value is -1.31. The van der Waals surface area contributed by atoms with Gasteiger partial charge in [-0.3, -0.25) is 0 Å². The van der Waals surface area contributed by atoms with E-state index in [1.54, 1.807) is 12.1 Å². The van der Waals surface area contributed by atoms with E-state index < -0.39 is 5.97 Å². The number of hydrogen-bond donors (Lipinski definition) is 1. The molecule has 1 N–H and O–H groups in total. The van der Waals surface area contributed by atoms with Gasteiger partial charge in [0.2, 0.25) is 0 Å². The van der Waals surface area contributed by atoms with Gasteiger partial charge in [0.05, 0.1) is 5.56 Å². The molecule has 0 saturated carbocycles. The third kappa shape index (κ3) is 5.35. The van der Waals surface area contributed by atoms with Crippen molar-refractivity contribution >= 4 is 5.97 Å². The molecule has 0 aliphatic rings. The lowest BCUT2D eigenvalue weighted by molar-refractivity contribution is 0.0697. The van der Waals surface area contributed by atoms with Crippen LogP contribution in [0.3, 0.4) is 0 Å². The summed E-state index contributed by atoms with van der Waals surface area (Å²) < 4.78 is 0. The molecule has 18 heavy (non-hydrogen) atoms. The molecule has 0 aliphatic heterocycles. The number of aromatic carboxylic acids is 1. The van der Waals surface area contributed by atoms with Gasteiger partial charge in [0.15, 0.2) is 0 Å². The highest BCUT2D eigenvalue weighted by Gasteiger charge is 2.05. The van der Waals surface area contributed by atoms with Crippen molar-refractivity contribution in [1.29, 1.82) is 0 Å². The van der Waals surface area contributed by atoms with Gasteiger partial charge >= 0.3 is 5.97 Å². The monoisotopic (exact) mass is 248 g/mol. The van der Waals surface area contributed by atoms with Crippen LogP contribution in [0.25, 0.3) is 0 Å². The highest BCUT2D eigenvalue weighted by molar-refractivity contribution is 5.87. The van der Waals surface area contributed by atoms with E-state index in [9.17, 15) is 4.79 Å². The standard InChI is InChI=1S/C16H24O2/c1-3-4-5-6-7-13(2)12-14-8-10-15(11-9-14)16(17)18/h8-11,13H,3-7,12H2,1-2H3,(H,17,18). The summed E-state index contributed by atoms with van der Waals surface area (Å²) in [6, 6.07) is 7.26. The predicted molar refractivity (Wildman–Crippen MR) is 75.0 cm³/mol. The van der Waals surface area contributed by atoms with Crippen LogP contribution in [0.4, 0.5) is 0 Å². The molecule has 100 valence electrons. The average molecular weight is 248 g/mol. The van der Waals surface area contributed by atoms with Crippen LogP contribution in [-0.4, -0.2) is 11.1 Å². The summed E-state index contributed by atoms with van der Waals surface area (Å²) in [7, 11) is 0. The summed E-state index contributed by atoms with van der Waals surface area (Å²) in [6.45, 7) is 4.50. The van der Waals surface area contributed by atoms with Crippen LogP contribution in [0.15, 0.2) is 24.3 Å². The number of unbranched alkanes of at least 4 members (excludes halogenated alkanes) is 3. The molecule has 0 spiro atoms. The van der Waals surface area contributed by atoms with Gasteiger partial charge in [0.1, 0.15) is 0 Å². The quantitative estimate of drug-likeness (QED) is 0.686. The van der Waals surface area contributed by atoms with Crippen molar-refractivity contribution in [2.24, 2.45) is 5.92 Å². The Balaban J connectivity index is 2.35. The second-order valence-electron chi connectivity index (χ2n) is 5.16. The lowest BCUT2D eigenvalue weighted by atomic mass is 9.95. The number of carboxylic acids is 1. The van der Waals surface area contributed by atoms with E-state index in [-0.39, 0.29) is 0 Å². The van der Waals surface area contributed by atoms with Gasteiger partial charge in [-0.2, -0.15) is 0 Å². The third-order valence-corrected chi connectivity index (χ3v) is 3.34. The Morgan fingerprint density at radius 1 is 1.17 bits per heavy atom. The van der Waals surface area contributed by atoms with Gasteiger partial charge in [-0.25, -0.2) is 4.79 Å². The molecule has 1 unspecified atom stereocenters. The normalized spacial score (nSPS) is 12.3. The van der Waals surface area contributed by atoms with E-state index in [1.807, 2.05) is 12.1 Å². The van der Waals surface area contributed by atoms with Crippen molar-refractivity contribution in [1.82, 2.24) is 0 Å². The van der Waals surface area contributed by atoms with Crippen molar-refractivity contribution in [2.75, 3.05) is 0 Å². The summed E-state index contributed by atoms with van der Waals surface area (Å²) in [5, 5.41) is 8.82. The number of carboxylic acid groups (broad SMARTS) is 1. The molecule has 1 aromatic carbocycles. The molecule has 0 aliphatic carbocycles. The van der Waals surface area contributed by atoms with Gasteiger partial charge in [0, 0.05) is 0 Å². The zero-order chi connectivity index (χ0) is 13.4. The van der Waals surface area contributed by atoms with Crippen LogP contribution in [0, 0.1) is 5.92 Å². The van der Waals surface area contributed by atoms with Gasteiger partial charge in [-0.1, -0.05) is 58.1 Å². The van der Waals surface area contributed by atoms with Crippen molar-refractivity contribution in [3.05, 3.63) is 35.4 Å². The lowest BCUT2D eigenvalue weighted by Crippen LogP contribution is -2.01. The largest absolute Gasteiger partial charge is 0.478 e. The summed E-state index contributed by atoms with van der Waals surface area (Å²) in [5.41, 5.74) is 1.61. The van der Waals surface area contributed by atoms with Crippen LogP contribution in [0.1, 0.15) is 61.9 Å². The molecule has 1 aromatic rings. The lowest BCUT2D eigenvalue weighted by Gasteiger charge is -2.11. The molecule has 0 radical (unpaired) electrons. The fourth-order valence-electron chi connectivity index (χ4n) is 2.21. The van der Waals surface area contributed by atoms with E-state index in [4.69, 9.17) is 5.11 Å². The molecule has 0 bridgehead atoms. The second kappa shape index (κ2) is 7.91. The first-order valence-electron chi connectivity index (χ1n) is 6.95. The second-order valence-corrected chi connectivity index (χ2v) is 5.16. The first kappa shape index (κ1) is 14.7. The van der Waals surface area contributed by atoms with E-state index >= 15 is 0 Å². The first-order chi connectivity index (χ1) is 8.63. The fraction of sp³-hybridized carbons (Fsp3) is 0.562. The van der Waals surface area contributed by atoms with Crippen LogP contribution < -0.4 is 0 Å². The molecule has 0 heterocycles. The van der Waals surface area contributed by atoms with Crippen LogP contribution in [0.2, 0.25) is 0 Å². The van der Waals surface area contributed by atoms with E-state index in [2.05, 4.69) is 13.8 Å². The zero-order valence-corrected chi connectivity index (χ0v) is 11.5. The maximum Gasteiger partial charge on any atom is 0.335 e. The smallest absolute Gasteiger partial charge is 0.335 e. The van der Waals surface area contributed by atoms with Crippen LogP contribution in [0.5, 0.6) is 0 Å². The Morgan fingerprint density at radius 3 is 2.39 bits per heavy atom. The van der Waals surface area contributed by atoms with Crippen LogP contribution in [-0.2, 0) is 6.42 Å². The Kier molecular flexibility index (Phi) is 6.48. The summed E-state index contributed by atoms with van der Waals surface area (Å²) >= 11 is 0. The molecule has 1 atom stereocenters. The number of carbonyl (C=O) groups is 1. The maximum absolute atomic E-state index is 10.7. The fourth-order valence-corrected chi connectivity index (χ4v) is 2.21. The minimum Gasteiger partial charge on any atom is -0.478 e. The maximum atomic E-state index is 10.7. The summed E-state index contributed by atoms with van der Waals surface area (Å²) in [5.74, 6) is -0.174. The topological polar surface area (TPSA) is 37.3 Å². The molecule has 0 saturated heterocycles. The van der Waals surface area contributed by atoms with Crippen molar-refractivity contribution in [3.8, 4) is 0 Å². The molecule has 0 aromatic heterocycles. The molecule has 0 fully saturated rings. The molecule has 2 nitrogen and oxygen atoms in total. The van der Waals surface area contributed by atoms with Gasteiger partial charge < -0.3 is 5.11 Å². The number of hydrogen-bond acceptors (Lipinski definition) is 1. The number of benzene rings is 1. The van der Waals surface area contributed by atoms with Crippen LogP contribution >= 0.6 is 0 Å². The third-order valence-electron chi connectivity index (χ3n) is 3.34. The molecule has 1 rings (SSSR count). The zero-order valence-electron chi connectivity index (χ0n) is 11.5. The SMILES string of the molecule is CCCCCCC(C)Cc1ccc(C(=O)O)cc1. The highest BCUT2D eigenvalue weighted by atomic mass is 16.4. The van der Waals surface area contributed by atoms with Crippen molar-refractivity contribution < 1.29 is 9.90 Å². The molecular weight excluding hydrogens is 224 g/mol. The summed E-state index contributed by atoms with van der Waals surface area (Å²) in [4.78, 5) is 10.7. The highest BCUT2D eigenvalue weighted by Crippen LogP contribution is 2.16. The summed E-state index contributed by atoms with van der Waals surface area (Å²) in [6.07, 6.45) is 7.57. The van der Waals surface area contributed by atoms with E-state index in [0.29, 0.717) is 11.5 Å². The first-order valence-corrected chi connectivity index (χ1v) is 6.95. The Bertz CT molecular complexity index is 354. The molecule has 2 heteroatoms. The van der Waals surface area contributed by atoms with Crippen molar-refractivity contribution in [3.63, 3.8) is 0 Å². The van der Waals surface area contributed by atoms with E-state index in [1.165, 1.54) is 37.7 Å². The Morgan fingerprint density at radius 2 is 1.83 bits per heavy atom. The minimum atomic E-state index is -0.853. The van der Waals surface area contributed by atoms with E-state index in [0.717, 1.165) is 6.42 Å². The molecule has 0 amide bonds. The molecular formula is C16H24O2. The average Bonchev–Trinajstić information content (AvgIpc) is 2.35. The van der Waals surface area contributed by atoms with Gasteiger partial charge in [-0.05, 0) is 30.0 Å². The predicted octanol–water partition coefficient (Wildman–Crippen LogP) is 4.53. The minimum absolute atomic E-state index is 0.370. The Labute approximate surface area is 110 Å². The van der Waals surface area contributed by atoms with Crippen molar-refractivity contribution in [2.45, 2.75) is 52.4 Å². The number of rotatable bonds is 8. The van der Waals surface area contributed by atoms with Gasteiger partial charge in [0.25, 0.3) is 0 Å². The van der Waals surface area contributed by atoms with Gasteiger partial charge in [-0.15, -0.1) is 0 Å².